The zero-order chi connectivity index (χ0) is 24.6. The minimum Gasteiger partial charge on any atom is -0.493 e. The molecule has 0 bridgehead atoms. The maximum atomic E-state index is 13.1. The number of imidazole rings is 1. The normalized spacial score (nSPS) is 13.5. The maximum Gasteiger partial charge on any atom is 0.273 e. The average molecular weight is 477 g/mol. The van der Waals surface area contributed by atoms with Gasteiger partial charge in [-0.3, -0.25) is 9.59 Å². The molecule has 0 spiro atoms. The number of H-pyrrole nitrogens is 1. The standard InChI is InChI=1S/C25H28N6O4/c1-34-21-9-6-17(14-22(21)35-2)24(32)29-20-8-7-18(31-12-4-3-5-13-31)15-19(20)25(33)30-28-16-23-26-10-11-27-23/h6-11,14-16H,3-5,12-13H2,1-2H3,(H,26,27)(H,29,32)(H,30,33). The third kappa shape index (κ3) is 5.78. The van der Waals surface area contributed by atoms with Gasteiger partial charge in [0.2, 0.25) is 0 Å². The smallest absolute Gasteiger partial charge is 0.273 e. The number of piperidine rings is 1. The Morgan fingerprint density at radius 1 is 1.03 bits per heavy atom. The number of rotatable bonds is 8. The second kappa shape index (κ2) is 11.2. The lowest BCUT2D eigenvalue weighted by molar-refractivity contribution is 0.0956. The fraction of sp³-hybridized carbons (Fsp3) is 0.280. The first-order valence-electron chi connectivity index (χ1n) is 11.3. The summed E-state index contributed by atoms with van der Waals surface area (Å²) in [6.45, 7) is 1.85. The molecule has 10 heteroatoms. The summed E-state index contributed by atoms with van der Waals surface area (Å²) < 4.78 is 10.5. The van der Waals surface area contributed by atoms with Gasteiger partial charge in [0.1, 0.15) is 5.82 Å². The Balaban J connectivity index is 1.59. The molecule has 1 fully saturated rings. The van der Waals surface area contributed by atoms with E-state index in [0.29, 0.717) is 34.1 Å². The Hall–Kier alpha value is -4.34. The van der Waals surface area contributed by atoms with Gasteiger partial charge in [0.25, 0.3) is 11.8 Å². The number of methoxy groups -OCH3 is 2. The molecule has 1 aromatic heterocycles. The summed E-state index contributed by atoms with van der Waals surface area (Å²) in [4.78, 5) is 35.3. The Morgan fingerprint density at radius 2 is 1.83 bits per heavy atom. The SMILES string of the molecule is COc1ccc(C(=O)Nc2ccc(N3CCCCC3)cc2C(=O)NN=Cc2ncc[nH]2)cc1OC. The maximum absolute atomic E-state index is 13.1. The molecule has 4 rings (SSSR count). The van der Waals surface area contributed by atoms with Crippen LogP contribution in [0.4, 0.5) is 11.4 Å². The Kier molecular flexibility index (Phi) is 7.61. The van der Waals surface area contributed by atoms with Gasteiger partial charge in [-0.1, -0.05) is 0 Å². The van der Waals surface area contributed by atoms with Crippen LogP contribution in [-0.4, -0.2) is 55.3 Å². The van der Waals surface area contributed by atoms with Crippen molar-refractivity contribution in [2.75, 3.05) is 37.5 Å². The van der Waals surface area contributed by atoms with Crippen LogP contribution in [0.1, 0.15) is 45.8 Å². The highest BCUT2D eigenvalue weighted by Crippen LogP contribution is 2.29. The number of hydrogen-bond donors (Lipinski definition) is 3. The number of hydrazone groups is 1. The lowest BCUT2D eigenvalue weighted by Crippen LogP contribution is -2.30. The number of hydrogen-bond acceptors (Lipinski definition) is 7. The van der Waals surface area contributed by atoms with Gasteiger partial charge in [0.05, 0.1) is 31.7 Å². The van der Waals surface area contributed by atoms with E-state index in [1.807, 2.05) is 6.07 Å². The van der Waals surface area contributed by atoms with E-state index in [1.54, 1.807) is 42.7 Å². The average Bonchev–Trinajstić information content (AvgIpc) is 3.42. The summed E-state index contributed by atoms with van der Waals surface area (Å²) in [7, 11) is 3.03. The van der Waals surface area contributed by atoms with E-state index in [-0.39, 0.29) is 5.91 Å². The van der Waals surface area contributed by atoms with Crippen LogP contribution in [0.2, 0.25) is 0 Å². The van der Waals surface area contributed by atoms with Gasteiger partial charge in [-0.05, 0) is 55.7 Å². The molecule has 0 atom stereocenters. The van der Waals surface area contributed by atoms with Gasteiger partial charge < -0.3 is 24.7 Å². The number of nitrogens with one attached hydrogen (secondary N) is 3. The van der Waals surface area contributed by atoms with E-state index in [1.165, 1.54) is 26.9 Å². The highest BCUT2D eigenvalue weighted by atomic mass is 16.5. The molecular formula is C25H28N6O4. The Bertz CT molecular complexity index is 1200. The highest BCUT2D eigenvalue weighted by Gasteiger charge is 2.19. The molecule has 0 aliphatic carbocycles. The number of ether oxygens (including phenoxy) is 2. The molecule has 1 saturated heterocycles. The molecule has 182 valence electrons. The van der Waals surface area contributed by atoms with E-state index in [4.69, 9.17) is 9.47 Å². The zero-order valence-electron chi connectivity index (χ0n) is 19.7. The minimum absolute atomic E-state index is 0.304. The van der Waals surface area contributed by atoms with Gasteiger partial charge >= 0.3 is 0 Å². The van der Waals surface area contributed by atoms with Crippen LogP contribution in [0.25, 0.3) is 0 Å². The molecular weight excluding hydrogens is 448 g/mol. The molecule has 0 unspecified atom stereocenters. The summed E-state index contributed by atoms with van der Waals surface area (Å²) in [5, 5.41) is 6.82. The van der Waals surface area contributed by atoms with Crippen molar-refractivity contribution in [1.29, 1.82) is 0 Å². The van der Waals surface area contributed by atoms with Gasteiger partial charge in [0, 0.05) is 36.7 Å². The largest absolute Gasteiger partial charge is 0.493 e. The van der Waals surface area contributed by atoms with Crippen molar-refractivity contribution in [2.45, 2.75) is 19.3 Å². The van der Waals surface area contributed by atoms with Crippen LogP contribution in [0.5, 0.6) is 11.5 Å². The van der Waals surface area contributed by atoms with Crippen molar-refractivity contribution < 1.29 is 19.1 Å². The molecule has 10 nitrogen and oxygen atoms in total. The van der Waals surface area contributed by atoms with Crippen LogP contribution in [-0.2, 0) is 0 Å². The monoisotopic (exact) mass is 476 g/mol. The highest BCUT2D eigenvalue weighted by molar-refractivity contribution is 6.09. The van der Waals surface area contributed by atoms with Crippen molar-refractivity contribution >= 4 is 29.4 Å². The second-order valence-electron chi connectivity index (χ2n) is 7.98. The number of aromatic nitrogens is 2. The van der Waals surface area contributed by atoms with Gasteiger partial charge in [0.15, 0.2) is 11.5 Å². The number of aromatic amines is 1. The first kappa shape index (κ1) is 23.8. The number of amides is 2. The van der Waals surface area contributed by atoms with Crippen molar-refractivity contribution in [3.8, 4) is 11.5 Å². The lowest BCUT2D eigenvalue weighted by atomic mass is 10.1. The van der Waals surface area contributed by atoms with E-state index in [0.717, 1.165) is 31.6 Å². The van der Waals surface area contributed by atoms with Gasteiger partial charge in [-0.2, -0.15) is 5.10 Å². The fourth-order valence-electron chi connectivity index (χ4n) is 3.91. The molecule has 0 saturated carbocycles. The summed E-state index contributed by atoms with van der Waals surface area (Å²) in [5.41, 5.74) is 4.48. The minimum atomic E-state index is -0.450. The first-order valence-corrected chi connectivity index (χ1v) is 11.3. The van der Waals surface area contributed by atoms with Crippen LogP contribution in [0.3, 0.4) is 0 Å². The van der Waals surface area contributed by atoms with E-state index in [9.17, 15) is 9.59 Å². The predicted octanol–water partition coefficient (Wildman–Crippen LogP) is 3.43. The molecule has 35 heavy (non-hydrogen) atoms. The predicted molar refractivity (Wildman–Crippen MR) is 134 cm³/mol. The molecule has 2 aromatic carbocycles. The van der Waals surface area contributed by atoms with Crippen LogP contribution >= 0.6 is 0 Å². The van der Waals surface area contributed by atoms with Crippen molar-refractivity contribution in [3.05, 3.63) is 65.7 Å². The van der Waals surface area contributed by atoms with Gasteiger partial charge in [-0.25, -0.2) is 10.4 Å². The topological polar surface area (TPSA) is 121 Å². The third-order valence-electron chi connectivity index (χ3n) is 5.74. The zero-order valence-corrected chi connectivity index (χ0v) is 19.7. The molecule has 2 amide bonds. The summed E-state index contributed by atoms with van der Waals surface area (Å²) in [5.74, 6) is 0.628. The van der Waals surface area contributed by atoms with Crippen molar-refractivity contribution in [3.63, 3.8) is 0 Å². The fourth-order valence-corrected chi connectivity index (χ4v) is 3.91. The number of anilines is 2. The van der Waals surface area contributed by atoms with Crippen molar-refractivity contribution in [2.24, 2.45) is 5.10 Å². The van der Waals surface area contributed by atoms with Crippen LogP contribution in [0.15, 0.2) is 53.9 Å². The van der Waals surface area contributed by atoms with E-state index in [2.05, 4.69) is 30.7 Å². The number of nitrogens with zero attached hydrogens (tertiary/aromatic N) is 3. The van der Waals surface area contributed by atoms with Crippen LogP contribution in [0, 0.1) is 0 Å². The quantitative estimate of drug-likeness (QED) is 0.338. The lowest BCUT2D eigenvalue weighted by Gasteiger charge is -2.29. The first-order chi connectivity index (χ1) is 17.1. The molecule has 0 radical (unpaired) electrons. The Morgan fingerprint density at radius 3 is 2.54 bits per heavy atom. The second-order valence-corrected chi connectivity index (χ2v) is 7.98. The third-order valence-corrected chi connectivity index (χ3v) is 5.74. The van der Waals surface area contributed by atoms with Crippen molar-refractivity contribution in [1.82, 2.24) is 15.4 Å². The van der Waals surface area contributed by atoms with Gasteiger partial charge in [-0.15, -0.1) is 0 Å². The molecule has 3 N–H and O–H groups in total. The van der Waals surface area contributed by atoms with E-state index >= 15 is 0 Å². The molecule has 2 heterocycles. The summed E-state index contributed by atoms with van der Waals surface area (Å²) in [6.07, 6.45) is 8.07. The molecule has 1 aliphatic rings. The van der Waals surface area contributed by atoms with Crippen LogP contribution < -0.4 is 25.1 Å². The molecule has 3 aromatic rings. The number of carbonyl (C=O) groups is 2. The summed E-state index contributed by atoms with van der Waals surface area (Å²) >= 11 is 0. The number of carbonyl (C=O) groups excluding carboxylic acids is 2. The molecule has 1 aliphatic heterocycles. The Labute approximate surface area is 203 Å². The summed E-state index contributed by atoms with van der Waals surface area (Å²) in [6, 6.07) is 10.3. The van der Waals surface area contributed by atoms with E-state index < -0.39 is 5.91 Å². The number of benzene rings is 2.